The Morgan fingerprint density at radius 3 is 2.65 bits per heavy atom. The van der Waals surface area contributed by atoms with Gasteiger partial charge in [0.2, 0.25) is 17.3 Å². The van der Waals surface area contributed by atoms with Crippen LogP contribution >= 0.6 is 0 Å². The van der Waals surface area contributed by atoms with Crippen molar-refractivity contribution in [3.63, 3.8) is 0 Å². The third-order valence-corrected chi connectivity index (χ3v) is 2.99. The maximum absolute atomic E-state index is 11.0. The van der Waals surface area contributed by atoms with Crippen LogP contribution in [-0.2, 0) is 6.42 Å². The Balaban J connectivity index is 1.81. The van der Waals surface area contributed by atoms with E-state index in [2.05, 4.69) is 27.3 Å². The smallest absolute Gasteiger partial charge is 0.247 e. The summed E-state index contributed by atoms with van der Waals surface area (Å²) < 4.78 is 5.23. The molecule has 0 aliphatic rings. The second kappa shape index (κ2) is 5.13. The monoisotopic (exact) mass is 267 g/mol. The minimum Gasteiger partial charge on any atom is -0.339 e. The summed E-state index contributed by atoms with van der Waals surface area (Å²) >= 11 is 0. The van der Waals surface area contributed by atoms with Gasteiger partial charge < -0.3 is 9.51 Å². The van der Waals surface area contributed by atoms with Crippen LogP contribution in [-0.4, -0.2) is 15.1 Å². The van der Waals surface area contributed by atoms with E-state index in [-0.39, 0.29) is 5.56 Å². The van der Waals surface area contributed by atoms with Gasteiger partial charge in [0.25, 0.3) is 0 Å². The quantitative estimate of drug-likeness (QED) is 0.790. The Labute approximate surface area is 115 Å². The van der Waals surface area contributed by atoms with Gasteiger partial charge in [0, 0.05) is 17.8 Å². The number of hydrogen-bond acceptors (Lipinski definition) is 4. The standard InChI is InChI=1S/C15H13N3O2/c1-10-2-4-11(5-3-10)8-14-17-15(18-20-14)12-6-7-13(19)16-9-12/h2-7,9H,8H2,1H3,(H,16,19). The summed E-state index contributed by atoms with van der Waals surface area (Å²) in [5, 5.41) is 3.92. The second-order valence-electron chi connectivity index (χ2n) is 4.62. The van der Waals surface area contributed by atoms with Crippen LogP contribution in [0.5, 0.6) is 0 Å². The van der Waals surface area contributed by atoms with Crippen LogP contribution in [0, 0.1) is 6.92 Å². The van der Waals surface area contributed by atoms with E-state index in [1.807, 2.05) is 19.1 Å². The summed E-state index contributed by atoms with van der Waals surface area (Å²) in [6.45, 7) is 2.05. The lowest BCUT2D eigenvalue weighted by Gasteiger charge is -1.97. The predicted molar refractivity (Wildman–Crippen MR) is 74.3 cm³/mol. The number of aromatic amines is 1. The Kier molecular flexibility index (Phi) is 3.16. The van der Waals surface area contributed by atoms with E-state index in [9.17, 15) is 4.79 Å². The molecular formula is C15H13N3O2. The van der Waals surface area contributed by atoms with Crippen molar-refractivity contribution in [2.45, 2.75) is 13.3 Å². The number of rotatable bonds is 3. The van der Waals surface area contributed by atoms with E-state index < -0.39 is 0 Å². The first-order valence-corrected chi connectivity index (χ1v) is 6.28. The Bertz CT molecular complexity index is 752. The molecule has 1 N–H and O–H groups in total. The van der Waals surface area contributed by atoms with Gasteiger partial charge in [-0.25, -0.2) is 0 Å². The van der Waals surface area contributed by atoms with Gasteiger partial charge in [0.05, 0.1) is 6.42 Å². The highest BCUT2D eigenvalue weighted by molar-refractivity contribution is 5.51. The number of H-pyrrole nitrogens is 1. The lowest BCUT2D eigenvalue weighted by Crippen LogP contribution is -2.01. The third-order valence-electron chi connectivity index (χ3n) is 2.99. The van der Waals surface area contributed by atoms with Crippen molar-refractivity contribution in [2.75, 3.05) is 0 Å². The highest BCUT2D eigenvalue weighted by atomic mass is 16.5. The highest BCUT2D eigenvalue weighted by Crippen LogP contribution is 2.15. The molecule has 0 amide bonds. The Morgan fingerprint density at radius 2 is 1.95 bits per heavy atom. The largest absolute Gasteiger partial charge is 0.339 e. The molecule has 0 bridgehead atoms. The van der Waals surface area contributed by atoms with E-state index in [1.165, 1.54) is 11.6 Å². The van der Waals surface area contributed by atoms with Crippen LogP contribution in [0.2, 0.25) is 0 Å². The van der Waals surface area contributed by atoms with Gasteiger partial charge in [-0.15, -0.1) is 0 Å². The molecule has 0 aliphatic carbocycles. The number of nitrogens with one attached hydrogen (secondary N) is 1. The fourth-order valence-electron chi connectivity index (χ4n) is 1.87. The number of pyridine rings is 1. The highest BCUT2D eigenvalue weighted by Gasteiger charge is 2.09. The molecule has 100 valence electrons. The average Bonchev–Trinajstić information content (AvgIpc) is 2.91. The zero-order chi connectivity index (χ0) is 13.9. The molecule has 0 saturated heterocycles. The average molecular weight is 267 g/mol. The van der Waals surface area contributed by atoms with Gasteiger partial charge >= 0.3 is 0 Å². The summed E-state index contributed by atoms with van der Waals surface area (Å²) in [5.41, 5.74) is 2.90. The molecule has 0 aliphatic heterocycles. The Morgan fingerprint density at radius 1 is 1.15 bits per heavy atom. The first kappa shape index (κ1) is 12.3. The molecule has 2 aromatic heterocycles. The van der Waals surface area contributed by atoms with Crippen molar-refractivity contribution in [3.8, 4) is 11.4 Å². The van der Waals surface area contributed by atoms with Crippen LogP contribution in [0.15, 0.2) is 51.9 Å². The summed E-state index contributed by atoms with van der Waals surface area (Å²) in [4.78, 5) is 17.9. The van der Waals surface area contributed by atoms with Crippen LogP contribution in [0.3, 0.4) is 0 Å². The summed E-state index contributed by atoms with van der Waals surface area (Å²) in [6.07, 6.45) is 2.17. The SMILES string of the molecule is Cc1ccc(Cc2nc(-c3ccc(=O)[nH]c3)no2)cc1. The third kappa shape index (κ3) is 2.66. The predicted octanol–water partition coefficient (Wildman–Crippen LogP) is 2.32. The molecule has 0 fully saturated rings. The van der Waals surface area contributed by atoms with E-state index in [0.717, 1.165) is 11.1 Å². The van der Waals surface area contributed by atoms with Crippen molar-refractivity contribution in [2.24, 2.45) is 0 Å². The molecule has 3 rings (SSSR count). The van der Waals surface area contributed by atoms with Gasteiger partial charge in [-0.2, -0.15) is 4.98 Å². The number of nitrogens with zero attached hydrogens (tertiary/aromatic N) is 2. The normalized spacial score (nSPS) is 10.7. The van der Waals surface area contributed by atoms with Crippen molar-refractivity contribution >= 4 is 0 Å². The van der Waals surface area contributed by atoms with Crippen molar-refractivity contribution in [1.82, 2.24) is 15.1 Å². The fourth-order valence-corrected chi connectivity index (χ4v) is 1.87. The molecule has 0 saturated carbocycles. The number of aromatic nitrogens is 3. The van der Waals surface area contributed by atoms with E-state index in [1.54, 1.807) is 12.3 Å². The molecule has 0 radical (unpaired) electrons. The summed E-state index contributed by atoms with van der Waals surface area (Å²) in [7, 11) is 0. The van der Waals surface area contributed by atoms with Gasteiger partial charge in [0.15, 0.2) is 0 Å². The van der Waals surface area contributed by atoms with E-state index in [0.29, 0.717) is 18.1 Å². The lowest BCUT2D eigenvalue weighted by molar-refractivity contribution is 0.385. The van der Waals surface area contributed by atoms with Gasteiger partial charge in [-0.3, -0.25) is 4.79 Å². The molecule has 0 spiro atoms. The van der Waals surface area contributed by atoms with E-state index in [4.69, 9.17) is 4.52 Å². The minimum absolute atomic E-state index is 0.155. The van der Waals surface area contributed by atoms with Crippen molar-refractivity contribution in [3.05, 3.63) is 70.0 Å². The number of aryl methyl sites for hydroxylation is 1. The minimum atomic E-state index is -0.155. The van der Waals surface area contributed by atoms with E-state index >= 15 is 0 Å². The number of benzene rings is 1. The summed E-state index contributed by atoms with van der Waals surface area (Å²) in [6, 6.07) is 11.3. The topological polar surface area (TPSA) is 71.8 Å². The molecular weight excluding hydrogens is 254 g/mol. The molecule has 5 heteroatoms. The molecule has 3 aromatic rings. The molecule has 20 heavy (non-hydrogen) atoms. The summed E-state index contributed by atoms with van der Waals surface area (Å²) in [5.74, 6) is 1.03. The van der Waals surface area contributed by atoms with Crippen LogP contribution in [0.4, 0.5) is 0 Å². The van der Waals surface area contributed by atoms with Crippen molar-refractivity contribution < 1.29 is 4.52 Å². The maximum Gasteiger partial charge on any atom is 0.247 e. The van der Waals surface area contributed by atoms with Crippen LogP contribution < -0.4 is 5.56 Å². The van der Waals surface area contributed by atoms with Gasteiger partial charge in [-0.05, 0) is 18.6 Å². The first-order chi connectivity index (χ1) is 9.70. The second-order valence-corrected chi connectivity index (χ2v) is 4.62. The van der Waals surface area contributed by atoms with Gasteiger partial charge in [-0.1, -0.05) is 35.0 Å². The molecule has 1 aromatic carbocycles. The molecule has 0 atom stereocenters. The van der Waals surface area contributed by atoms with Gasteiger partial charge in [0.1, 0.15) is 0 Å². The Hall–Kier alpha value is -2.69. The zero-order valence-corrected chi connectivity index (χ0v) is 11.0. The molecule has 5 nitrogen and oxygen atoms in total. The van der Waals surface area contributed by atoms with Crippen molar-refractivity contribution in [1.29, 1.82) is 0 Å². The molecule has 0 unspecified atom stereocenters. The van der Waals surface area contributed by atoms with Crippen LogP contribution in [0.25, 0.3) is 11.4 Å². The number of hydrogen-bond donors (Lipinski definition) is 1. The molecule has 2 heterocycles. The van der Waals surface area contributed by atoms with Crippen LogP contribution in [0.1, 0.15) is 17.0 Å². The first-order valence-electron chi connectivity index (χ1n) is 6.28. The zero-order valence-electron chi connectivity index (χ0n) is 11.0. The lowest BCUT2D eigenvalue weighted by atomic mass is 10.1. The fraction of sp³-hybridized carbons (Fsp3) is 0.133. The maximum atomic E-state index is 11.0.